The molecule has 1 aromatic heterocycles. The Hall–Kier alpha value is -2.75. The van der Waals surface area contributed by atoms with E-state index < -0.39 is 0 Å². The Labute approximate surface area is 199 Å². The number of halogens is 1. The van der Waals surface area contributed by atoms with Gasteiger partial charge in [-0.1, -0.05) is 24.3 Å². The quantitative estimate of drug-likeness (QED) is 0.281. The van der Waals surface area contributed by atoms with E-state index in [0.29, 0.717) is 19.8 Å². The van der Waals surface area contributed by atoms with Crippen molar-refractivity contribution >= 4 is 35.6 Å². The van der Waals surface area contributed by atoms with Crippen LogP contribution >= 0.6 is 24.0 Å². The first-order valence-electron chi connectivity index (χ1n) is 10.3. The van der Waals surface area contributed by atoms with Gasteiger partial charge in [0, 0.05) is 43.7 Å². The Bertz CT molecular complexity index is 974. The fourth-order valence-electron chi connectivity index (χ4n) is 3.20. The Morgan fingerprint density at radius 3 is 2.58 bits per heavy atom. The van der Waals surface area contributed by atoms with E-state index in [1.54, 1.807) is 6.20 Å². The van der Waals surface area contributed by atoms with Crippen LogP contribution in [-0.2, 0) is 13.1 Å². The van der Waals surface area contributed by atoms with E-state index in [4.69, 9.17) is 14.5 Å². The molecule has 0 aliphatic carbocycles. The van der Waals surface area contributed by atoms with Crippen LogP contribution in [0.15, 0.2) is 66.2 Å². The minimum Gasteiger partial charge on any atom is -0.490 e. The second-order valence-electron chi connectivity index (χ2n) is 7.08. The third-order valence-corrected chi connectivity index (χ3v) is 4.72. The fraction of sp³-hybridized carbons (Fsp3) is 0.304. The van der Waals surface area contributed by atoms with Gasteiger partial charge in [0.1, 0.15) is 0 Å². The zero-order valence-corrected chi connectivity index (χ0v) is 19.9. The van der Waals surface area contributed by atoms with Gasteiger partial charge in [0.2, 0.25) is 0 Å². The van der Waals surface area contributed by atoms with Gasteiger partial charge in [-0.15, -0.1) is 24.0 Å². The molecule has 2 N–H and O–H groups in total. The van der Waals surface area contributed by atoms with Crippen LogP contribution in [0.3, 0.4) is 0 Å². The molecule has 4 rings (SSSR count). The van der Waals surface area contributed by atoms with E-state index in [1.165, 1.54) is 5.56 Å². The molecule has 0 unspecified atom stereocenters. The van der Waals surface area contributed by atoms with Crippen molar-refractivity contribution < 1.29 is 9.47 Å². The zero-order chi connectivity index (χ0) is 20.6. The summed E-state index contributed by atoms with van der Waals surface area (Å²) in [5.41, 5.74) is 3.30. The van der Waals surface area contributed by atoms with Crippen molar-refractivity contribution in [1.82, 2.24) is 14.9 Å². The molecule has 0 amide bonds. The number of guanidine groups is 1. The number of fused-ring (bicyclic) bond motifs is 1. The highest BCUT2D eigenvalue weighted by molar-refractivity contribution is 14.0. The number of anilines is 1. The minimum atomic E-state index is 0. The molecule has 3 aromatic rings. The largest absolute Gasteiger partial charge is 0.490 e. The Balaban J connectivity index is 0.00000272. The fourth-order valence-corrected chi connectivity index (χ4v) is 3.20. The second-order valence-corrected chi connectivity index (χ2v) is 7.08. The molecule has 2 aromatic carbocycles. The number of aromatic nitrogens is 2. The predicted octanol–water partition coefficient (Wildman–Crippen LogP) is 4.29. The lowest BCUT2D eigenvalue weighted by atomic mass is 10.1. The normalized spacial score (nSPS) is 13.1. The SMILES string of the molecule is CCNC(=NCc1ccc(Cn2ccnc2)cc1)Nc1ccc2c(c1)OCCCO2.I. The number of hydrogen-bond acceptors (Lipinski definition) is 4. The van der Waals surface area contributed by atoms with Gasteiger partial charge in [0.25, 0.3) is 0 Å². The van der Waals surface area contributed by atoms with Crippen molar-refractivity contribution in [3.63, 3.8) is 0 Å². The molecule has 31 heavy (non-hydrogen) atoms. The average Bonchev–Trinajstić information content (AvgIpc) is 3.16. The average molecular weight is 533 g/mol. The number of benzene rings is 2. The van der Waals surface area contributed by atoms with Gasteiger partial charge in [0.05, 0.1) is 26.1 Å². The molecule has 0 atom stereocenters. The highest BCUT2D eigenvalue weighted by atomic mass is 127. The lowest BCUT2D eigenvalue weighted by molar-refractivity contribution is 0.297. The summed E-state index contributed by atoms with van der Waals surface area (Å²) in [6.45, 7) is 5.59. The van der Waals surface area contributed by atoms with Crippen molar-refractivity contribution in [2.75, 3.05) is 25.1 Å². The Kier molecular flexibility index (Phi) is 8.57. The molecule has 7 nitrogen and oxygen atoms in total. The molecule has 164 valence electrons. The monoisotopic (exact) mass is 533 g/mol. The van der Waals surface area contributed by atoms with E-state index in [9.17, 15) is 0 Å². The summed E-state index contributed by atoms with van der Waals surface area (Å²) in [5.74, 6) is 2.28. The Morgan fingerprint density at radius 1 is 1.06 bits per heavy atom. The number of nitrogens with zero attached hydrogens (tertiary/aromatic N) is 3. The van der Waals surface area contributed by atoms with Gasteiger partial charge in [-0.2, -0.15) is 0 Å². The van der Waals surface area contributed by atoms with Crippen molar-refractivity contribution in [3.8, 4) is 11.5 Å². The van der Waals surface area contributed by atoms with Crippen LogP contribution in [-0.4, -0.2) is 35.3 Å². The molecule has 0 fully saturated rings. The zero-order valence-electron chi connectivity index (χ0n) is 17.6. The minimum absolute atomic E-state index is 0. The van der Waals surface area contributed by atoms with E-state index in [1.807, 2.05) is 30.7 Å². The summed E-state index contributed by atoms with van der Waals surface area (Å²) in [6, 6.07) is 14.4. The summed E-state index contributed by atoms with van der Waals surface area (Å²) in [7, 11) is 0. The first kappa shape index (κ1) is 22.9. The standard InChI is InChI=1S/C23H27N5O2.HI/c1-2-25-23(27-20-8-9-21-22(14-20)30-13-3-12-29-21)26-15-18-4-6-19(7-5-18)16-28-11-10-24-17-28;/h4-11,14,17H,2-3,12-13,15-16H2,1H3,(H2,25,26,27);1H. The van der Waals surface area contributed by atoms with Crippen LogP contribution in [0.5, 0.6) is 11.5 Å². The molecule has 0 spiro atoms. The van der Waals surface area contributed by atoms with Gasteiger partial charge in [-0.3, -0.25) is 0 Å². The molecule has 8 heteroatoms. The first-order valence-corrected chi connectivity index (χ1v) is 10.3. The van der Waals surface area contributed by atoms with Crippen LogP contribution in [0.4, 0.5) is 5.69 Å². The van der Waals surface area contributed by atoms with Gasteiger partial charge < -0.3 is 24.7 Å². The number of nitrogens with one attached hydrogen (secondary N) is 2. The number of ether oxygens (including phenoxy) is 2. The van der Waals surface area contributed by atoms with Crippen molar-refractivity contribution in [2.45, 2.75) is 26.4 Å². The highest BCUT2D eigenvalue weighted by Gasteiger charge is 2.11. The van der Waals surface area contributed by atoms with Gasteiger partial charge in [0.15, 0.2) is 17.5 Å². The van der Waals surface area contributed by atoms with Crippen LogP contribution in [0.1, 0.15) is 24.5 Å². The maximum atomic E-state index is 5.78. The number of rotatable bonds is 6. The van der Waals surface area contributed by atoms with Crippen LogP contribution in [0, 0.1) is 0 Å². The molecule has 0 bridgehead atoms. The summed E-state index contributed by atoms with van der Waals surface area (Å²) in [6.07, 6.45) is 6.47. The lowest BCUT2D eigenvalue weighted by Gasteiger charge is -2.14. The maximum Gasteiger partial charge on any atom is 0.196 e. The molecular weight excluding hydrogens is 505 g/mol. The molecule has 0 saturated heterocycles. The summed E-state index contributed by atoms with van der Waals surface area (Å²) in [5, 5.41) is 6.65. The molecule has 2 heterocycles. The topological polar surface area (TPSA) is 72.7 Å². The first-order chi connectivity index (χ1) is 14.8. The molecule has 1 aliphatic heterocycles. The van der Waals surface area contributed by atoms with Crippen LogP contribution in [0.25, 0.3) is 0 Å². The maximum absolute atomic E-state index is 5.78. The second kappa shape index (κ2) is 11.6. The molecule has 1 aliphatic rings. The third-order valence-electron chi connectivity index (χ3n) is 4.72. The molecule has 0 saturated carbocycles. The number of hydrogen-bond donors (Lipinski definition) is 2. The van der Waals surface area contributed by atoms with E-state index in [-0.39, 0.29) is 24.0 Å². The molecular formula is C23H28IN5O2. The van der Waals surface area contributed by atoms with E-state index in [0.717, 1.165) is 48.2 Å². The van der Waals surface area contributed by atoms with E-state index in [2.05, 4.69) is 51.4 Å². The van der Waals surface area contributed by atoms with Crippen LogP contribution < -0.4 is 20.1 Å². The summed E-state index contributed by atoms with van der Waals surface area (Å²) in [4.78, 5) is 8.80. The molecule has 0 radical (unpaired) electrons. The number of aliphatic imine (C=N–C) groups is 1. The highest BCUT2D eigenvalue weighted by Crippen LogP contribution is 2.32. The summed E-state index contributed by atoms with van der Waals surface area (Å²) >= 11 is 0. The van der Waals surface area contributed by atoms with Crippen molar-refractivity contribution in [2.24, 2.45) is 4.99 Å². The van der Waals surface area contributed by atoms with Crippen LogP contribution in [0.2, 0.25) is 0 Å². The Morgan fingerprint density at radius 2 is 1.84 bits per heavy atom. The number of imidazole rings is 1. The smallest absolute Gasteiger partial charge is 0.196 e. The van der Waals surface area contributed by atoms with Gasteiger partial charge in [-0.05, 0) is 30.2 Å². The predicted molar refractivity (Wildman–Crippen MR) is 134 cm³/mol. The summed E-state index contributed by atoms with van der Waals surface area (Å²) < 4.78 is 13.5. The van der Waals surface area contributed by atoms with Gasteiger partial charge >= 0.3 is 0 Å². The lowest BCUT2D eigenvalue weighted by Crippen LogP contribution is -2.30. The van der Waals surface area contributed by atoms with Crippen molar-refractivity contribution in [3.05, 3.63) is 72.3 Å². The van der Waals surface area contributed by atoms with Gasteiger partial charge in [-0.25, -0.2) is 9.98 Å². The third kappa shape index (κ3) is 6.61. The van der Waals surface area contributed by atoms with E-state index >= 15 is 0 Å². The van der Waals surface area contributed by atoms with Crippen molar-refractivity contribution in [1.29, 1.82) is 0 Å².